The van der Waals surface area contributed by atoms with Crippen LogP contribution >= 0.6 is 0 Å². The SMILES string of the molecule is CC(C)C(NC(=O)C(C)N(C)C(=O)C(CC(N)=O)NC(=O)C(Cc1ccccc1)NC(=O)C(CC(=O)O)NC(=O)C(Cc1ccc(O)cc1)NC(=O)C(Cc1ccccc1)NC(=O)C(NC(=O)C(N)Cc1ccccc1)C(C)C)C(=O)O. The quantitative estimate of drug-likeness (QED) is 0.0315. The molecule has 4 aromatic rings. The maximum Gasteiger partial charge on any atom is 0.326 e. The van der Waals surface area contributed by atoms with Crippen LogP contribution in [0.4, 0.5) is 0 Å². The fourth-order valence-corrected chi connectivity index (χ4v) is 8.49. The number of hydrogen-bond donors (Lipinski definition) is 12. The van der Waals surface area contributed by atoms with Crippen molar-refractivity contribution in [1.82, 2.24) is 42.1 Å². The summed E-state index contributed by atoms with van der Waals surface area (Å²) in [6, 6.07) is 17.9. The summed E-state index contributed by atoms with van der Waals surface area (Å²) in [4.78, 5) is 150. The molecule has 9 atom stereocenters. The first-order valence-electron chi connectivity index (χ1n) is 26.5. The number of carbonyl (C=O) groups excluding carboxylic acids is 9. The van der Waals surface area contributed by atoms with E-state index in [0.29, 0.717) is 16.7 Å². The summed E-state index contributed by atoms with van der Waals surface area (Å²) in [7, 11) is 1.17. The molecule has 4 rings (SSSR count). The number of amides is 9. The van der Waals surface area contributed by atoms with Crippen LogP contribution in [0.2, 0.25) is 0 Å². The van der Waals surface area contributed by atoms with Crippen LogP contribution in [0.25, 0.3) is 0 Å². The molecule has 24 nitrogen and oxygen atoms in total. The molecule has 0 radical (unpaired) electrons. The standard InChI is InChI=1S/C58H74N10O14/c1-32(2)48(66-51(74)40(59)26-35-16-10-7-11-17-35)56(79)64-43(28-37-20-14-9-15-21-37)53(76)61-42(29-38-22-24-39(69)25-23-38)52(75)63-44(31-47(71)72)55(78)62-41(27-36-18-12-8-13-19-36)54(77)65-45(30-46(60)70)57(80)68(6)34(5)50(73)67-49(33(3)4)58(81)82/h7-25,32-34,40-45,48-49,69H,26-31,59H2,1-6H3,(H2,60,70)(H,61,76)(H,62,78)(H,63,75)(H,64,79)(H,65,77)(H,66,74)(H,67,73)(H,71,72)(H,81,82). The number of aromatic hydroxyl groups is 1. The van der Waals surface area contributed by atoms with Crippen molar-refractivity contribution in [3.8, 4) is 5.75 Å². The summed E-state index contributed by atoms with van der Waals surface area (Å²) < 4.78 is 0. The second-order valence-electron chi connectivity index (χ2n) is 20.5. The molecule has 0 aliphatic carbocycles. The smallest absolute Gasteiger partial charge is 0.326 e. The first kappa shape index (κ1) is 65.3. The number of phenols is 1. The van der Waals surface area contributed by atoms with E-state index in [9.17, 15) is 68.1 Å². The number of primary amides is 1. The van der Waals surface area contributed by atoms with Gasteiger partial charge in [0.2, 0.25) is 53.2 Å². The van der Waals surface area contributed by atoms with Gasteiger partial charge in [0.05, 0.1) is 18.9 Å². The Morgan fingerprint density at radius 1 is 0.439 bits per heavy atom. The molecule has 0 spiro atoms. The number of rotatable bonds is 31. The summed E-state index contributed by atoms with van der Waals surface area (Å²) in [5.74, 6) is -12.8. The van der Waals surface area contributed by atoms with Crippen LogP contribution in [0.5, 0.6) is 5.75 Å². The molecular weight excluding hydrogens is 1060 g/mol. The van der Waals surface area contributed by atoms with E-state index in [-0.39, 0.29) is 31.4 Å². The number of nitrogens with one attached hydrogen (secondary N) is 7. The molecule has 14 N–H and O–H groups in total. The van der Waals surface area contributed by atoms with Gasteiger partial charge < -0.3 is 68.9 Å². The van der Waals surface area contributed by atoms with Crippen LogP contribution in [0.15, 0.2) is 115 Å². The van der Waals surface area contributed by atoms with Crippen LogP contribution in [-0.4, -0.2) is 147 Å². The van der Waals surface area contributed by atoms with Crippen molar-refractivity contribution in [2.24, 2.45) is 23.3 Å². The highest BCUT2D eigenvalue weighted by molar-refractivity contribution is 6.00. The Bertz CT molecular complexity index is 2860. The zero-order valence-electron chi connectivity index (χ0n) is 46.5. The monoisotopic (exact) mass is 1130 g/mol. The van der Waals surface area contributed by atoms with Gasteiger partial charge in [-0.1, -0.05) is 131 Å². The fourth-order valence-electron chi connectivity index (χ4n) is 8.49. The van der Waals surface area contributed by atoms with Crippen molar-refractivity contribution in [2.75, 3.05) is 7.05 Å². The summed E-state index contributed by atoms with van der Waals surface area (Å²) in [6.07, 6.45) is -2.47. The number of benzene rings is 4. The molecule has 0 saturated carbocycles. The number of phenolic OH excluding ortho intramolecular Hbond substituents is 1. The Morgan fingerprint density at radius 3 is 1.21 bits per heavy atom. The van der Waals surface area contributed by atoms with Gasteiger partial charge in [-0.05, 0) is 59.6 Å². The van der Waals surface area contributed by atoms with Crippen molar-refractivity contribution >= 4 is 65.1 Å². The van der Waals surface area contributed by atoms with Crippen molar-refractivity contribution in [3.05, 3.63) is 138 Å². The van der Waals surface area contributed by atoms with E-state index < -0.39 is 144 Å². The Kier molecular flexibility index (Phi) is 25.1. The molecule has 0 heterocycles. The van der Waals surface area contributed by atoms with E-state index in [1.807, 2.05) is 6.07 Å². The molecule has 0 saturated heterocycles. The third kappa shape index (κ3) is 20.8. The minimum absolute atomic E-state index is 0.130. The molecule has 0 aliphatic rings. The fraction of sp³-hybridized carbons (Fsp3) is 0.397. The summed E-state index contributed by atoms with van der Waals surface area (Å²) in [6.45, 7) is 7.76. The minimum atomic E-state index is -1.97. The molecule has 82 heavy (non-hydrogen) atoms. The van der Waals surface area contributed by atoms with Gasteiger partial charge in [-0.15, -0.1) is 0 Å². The predicted molar refractivity (Wildman–Crippen MR) is 299 cm³/mol. The lowest BCUT2D eigenvalue weighted by Crippen LogP contribution is -2.61. The molecule has 0 bridgehead atoms. The molecule has 0 fully saturated rings. The molecule has 9 unspecified atom stereocenters. The van der Waals surface area contributed by atoms with Crippen molar-refractivity contribution in [2.45, 2.75) is 128 Å². The molecule has 4 aromatic carbocycles. The van der Waals surface area contributed by atoms with Crippen LogP contribution in [0.1, 0.15) is 69.7 Å². The lowest BCUT2D eigenvalue weighted by Gasteiger charge is -2.31. The van der Waals surface area contributed by atoms with E-state index in [2.05, 4.69) is 37.2 Å². The first-order valence-corrected chi connectivity index (χ1v) is 26.5. The van der Waals surface area contributed by atoms with Gasteiger partial charge in [0.15, 0.2) is 0 Å². The Hall–Kier alpha value is -9.19. The van der Waals surface area contributed by atoms with E-state index in [1.165, 1.54) is 38.2 Å². The highest BCUT2D eigenvalue weighted by Crippen LogP contribution is 2.15. The van der Waals surface area contributed by atoms with E-state index in [0.717, 1.165) is 10.5 Å². The number of nitrogens with zero attached hydrogens (tertiary/aromatic N) is 1. The zero-order chi connectivity index (χ0) is 60.8. The average molecular weight is 1140 g/mol. The summed E-state index contributed by atoms with van der Waals surface area (Å²) in [5, 5.41) is 47.4. The third-order valence-corrected chi connectivity index (χ3v) is 13.3. The maximum atomic E-state index is 14.6. The van der Waals surface area contributed by atoms with E-state index in [4.69, 9.17) is 11.5 Å². The lowest BCUT2D eigenvalue weighted by molar-refractivity contribution is -0.146. The first-order chi connectivity index (χ1) is 38.7. The van der Waals surface area contributed by atoms with Gasteiger partial charge in [0.25, 0.3) is 0 Å². The maximum absolute atomic E-state index is 14.6. The Morgan fingerprint density at radius 2 is 0.805 bits per heavy atom. The van der Waals surface area contributed by atoms with Crippen molar-refractivity contribution in [1.29, 1.82) is 0 Å². The Balaban J connectivity index is 1.65. The molecule has 440 valence electrons. The molecule has 0 aliphatic heterocycles. The molecule has 9 amide bonds. The molecule has 24 heteroatoms. The van der Waals surface area contributed by atoms with Gasteiger partial charge >= 0.3 is 11.9 Å². The summed E-state index contributed by atoms with van der Waals surface area (Å²) >= 11 is 0. The van der Waals surface area contributed by atoms with Crippen LogP contribution in [-0.2, 0) is 78.4 Å². The molecule has 0 aromatic heterocycles. The normalized spacial score (nSPS) is 14.4. The zero-order valence-corrected chi connectivity index (χ0v) is 46.5. The van der Waals surface area contributed by atoms with Gasteiger partial charge in [-0.3, -0.25) is 47.9 Å². The van der Waals surface area contributed by atoms with Gasteiger partial charge in [-0.2, -0.15) is 0 Å². The number of carboxylic acids is 2. The lowest BCUT2D eigenvalue weighted by atomic mass is 9.99. The van der Waals surface area contributed by atoms with Crippen molar-refractivity contribution in [3.63, 3.8) is 0 Å². The number of hydrogen-bond acceptors (Lipinski definition) is 13. The largest absolute Gasteiger partial charge is 0.508 e. The summed E-state index contributed by atoms with van der Waals surface area (Å²) in [5.41, 5.74) is 13.9. The van der Waals surface area contributed by atoms with E-state index >= 15 is 0 Å². The molecular formula is C58H74N10O14. The number of carbonyl (C=O) groups is 11. The minimum Gasteiger partial charge on any atom is -0.508 e. The predicted octanol–water partition coefficient (Wildman–Crippen LogP) is -0.0227. The number of likely N-dealkylation sites (N-methyl/N-ethyl adjacent to an activating group) is 1. The highest BCUT2D eigenvalue weighted by Gasteiger charge is 2.38. The van der Waals surface area contributed by atoms with Gasteiger partial charge in [0.1, 0.15) is 54.1 Å². The third-order valence-electron chi connectivity index (χ3n) is 13.3. The van der Waals surface area contributed by atoms with E-state index in [1.54, 1.807) is 113 Å². The Labute approximate surface area is 474 Å². The number of aliphatic carboxylic acids is 2. The van der Waals surface area contributed by atoms with Gasteiger partial charge in [-0.25, -0.2) is 4.79 Å². The van der Waals surface area contributed by atoms with Crippen LogP contribution in [0, 0.1) is 11.8 Å². The highest BCUT2D eigenvalue weighted by atomic mass is 16.4. The second-order valence-corrected chi connectivity index (χ2v) is 20.5. The number of carboxylic acid groups (broad SMARTS) is 2. The van der Waals surface area contributed by atoms with Crippen molar-refractivity contribution < 1.29 is 68.1 Å². The van der Waals surface area contributed by atoms with Gasteiger partial charge in [0, 0.05) is 26.3 Å². The second kappa shape index (κ2) is 31.6. The topological polar surface area (TPSA) is 388 Å². The van der Waals surface area contributed by atoms with Crippen LogP contribution < -0.4 is 48.7 Å². The van der Waals surface area contributed by atoms with Crippen LogP contribution in [0.3, 0.4) is 0 Å². The average Bonchev–Trinajstić information content (AvgIpc) is 3.46. The number of nitrogens with two attached hydrogens (primary N) is 2.